The summed E-state index contributed by atoms with van der Waals surface area (Å²) in [5, 5.41) is 8.74. The van der Waals surface area contributed by atoms with Gasteiger partial charge in [-0.2, -0.15) is 5.26 Å². The molecule has 0 amide bonds. The van der Waals surface area contributed by atoms with Crippen LogP contribution in [0.15, 0.2) is 24.3 Å². The number of hydrogen-bond acceptors (Lipinski definition) is 2. The molecule has 1 fully saturated rings. The highest BCUT2D eigenvalue weighted by atomic mass is 14.6. The molecule has 0 heterocycles. The molecule has 2 rings (SSSR count). The monoisotopic (exact) mass is 200 g/mol. The molecule has 0 radical (unpaired) electrons. The summed E-state index contributed by atoms with van der Waals surface area (Å²) in [6.07, 6.45) is 4.93. The third-order valence-electron chi connectivity index (χ3n) is 3.58. The van der Waals surface area contributed by atoms with Crippen LogP contribution in [0, 0.1) is 11.3 Å². The largest absolute Gasteiger partial charge is 0.330 e. The second-order valence-corrected chi connectivity index (χ2v) is 4.38. The molecule has 0 spiro atoms. The fourth-order valence-corrected chi connectivity index (χ4v) is 2.56. The van der Waals surface area contributed by atoms with Gasteiger partial charge in [-0.1, -0.05) is 25.0 Å². The number of rotatable bonds is 2. The molecule has 0 saturated heterocycles. The average molecular weight is 200 g/mol. The van der Waals surface area contributed by atoms with Gasteiger partial charge in [0.25, 0.3) is 0 Å². The van der Waals surface area contributed by atoms with Gasteiger partial charge in [-0.25, -0.2) is 0 Å². The molecule has 2 heteroatoms. The normalized spacial score (nSPS) is 18.7. The maximum absolute atomic E-state index is 8.74. The first kappa shape index (κ1) is 10.2. The smallest absolute Gasteiger partial charge is 0.0991 e. The van der Waals surface area contributed by atoms with Gasteiger partial charge in [0, 0.05) is 12.0 Å². The van der Waals surface area contributed by atoms with E-state index in [-0.39, 0.29) is 5.41 Å². The summed E-state index contributed by atoms with van der Waals surface area (Å²) in [5.74, 6) is 0. The molecule has 1 aromatic carbocycles. The minimum absolute atomic E-state index is 0.188. The fourth-order valence-electron chi connectivity index (χ4n) is 2.56. The van der Waals surface area contributed by atoms with Gasteiger partial charge in [-0.3, -0.25) is 0 Å². The molecule has 0 bridgehead atoms. The van der Waals surface area contributed by atoms with Crippen molar-refractivity contribution in [3.8, 4) is 6.07 Å². The minimum atomic E-state index is 0.188. The molecule has 1 aliphatic carbocycles. The highest BCUT2D eigenvalue weighted by Crippen LogP contribution is 2.40. The zero-order valence-electron chi connectivity index (χ0n) is 8.87. The minimum Gasteiger partial charge on any atom is -0.330 e. The van der Waals surface area contributed by atoms with Crippen molar-refractivity contribution >= 4 is 0 Å². The Labute approximate surface area is 90.7 Å². The van der Waals surface area contributed by atoms with Crippen molar-refractivity contribution in [3.05, 3.63) is 35.4 Å². The highest BCUT2D eigenvalue weighted by molar-refractivity contribution is 5.35. The predicted octanol–water partition coefficient (Wildman–Crippen LogP) is 2.33. The van der Waals surface area contributed by atoms with E-state index in [0.29, 0.717) is 0 Å². The second kappa shape index (κ2) is 4.04. The molecule has 0 aliphatic heterocycles. The van der Waals surface area contributed by atoms with Crippen LogP contribution in [0.2, 0.25) is 0 Å². The van der Waals surface area contributed by atoms with Gasteiger partial charge in [0.2, 0.25) is 0 Å². The molecule has 2 N–H and O–H groups in total. The molecule has 1 aromatic rings. The Bertz CT molecular complexity index is 367. The lowest BCUT2D eigenvalue weighted by molar-refractivity contribution is 0.453. The summed E-state index contributed by atoms with van der Waals surface area (Å²) in [6, 6.07) is 10.1. The number of nitrogens with two attached hydrogens (primary N) is 1. The second-order valence-electron chi connectivity index (χ2n) is 4.38. The summed E-state index contributed by atoms with van der Waals surface area (Å²) in [7, 11) is 0. The van der Waals surface area contributed by atoms with E-state index >= 15 is 0 Å². The molecular formula is C13H16N2. The summed E-state index contributed by atoms with van der Waals surface area (Å²) < 4.78 is 0. The molecule has 15 heavy (non-hydrogen) atoms. The Hall–Kier alpha value is -1.33. The first-order chi connectivity index (χ1) is 7.30. The van der Waals surface area contributed by atoms with Crippen molar-refractivity contribution in [1.29, 1.82) is 5.26 Å². The van der Waals surface area contributed by atoms with E-state index in [0.717, 1.165) is 12.1 Å². The fraction of sp³-hybridized carbons (Fsp3) is 0.462. The molecule has 0 atom stereocenters. The number of benzene rings is 1. The molecule has 1 aliphatic rings. The van der Waals surface area contributed by atoms with Gasteiger partial charge in [0.05, 0.1) is 11.6 Å². The van der Waals surface area contributed by atoms with E-state index in [4.69, 9.17) is 11.0 Å². The Morgan fingerprint density at radius 1 is 1.20 bits per heavy atom. The van der Waals surface area contributed by atoms with Gasteiger partial charge in [0.1, 0.15) is 0 Å². The zero-order chi connectivity index (χ0) is 10.7. The SMILES string of the molecule is N#Cc1ccc(C2(CN)CCCC2)cc1. The lowest BCUT2D eigenvalue weighted by Gasteiger charge is -2.27. The van der Waals surface area contributed by atoms with E-state index in [1.54, 1.807) is 0 Å². The van der Waals surface area contributed by atoms with Crippen LogP contribution in [0.4, 0.5) is 0 Å². The van der Waals surface area contributed by atoms with Crippen LogP contribution in [-0.2, 0) is 5.41 Å². The Morgan fingerprint density at radius 2 is 1.80 bits per heavy atom. The maximum atomic E-state index is 8.74. The molecule has 2 nitrogen and oxygen atoms in total. The topological polar surface area (TPSA) is 49.8 Å². The average Bonchev–Trinajstić information content (AvgIpc) is 2.79. The van der Waals surface area contributed by atoms with Gasteiger partial charge in [-0.05, 0) is 30.5 Å². The third-order valence-corrected chi connectivity index (χ3v) is 3.58. The van der Waals surface area contributed by atoms with E-state index in [2.05, 4.69) is 18.2 Å². The van der Waals surface area contributed by atoms with E-state index < -0.39 is 0 Å². The predicted molar refractivity (Wildman–Crippen MR) is 60.4 cm³/mol. The zero-order valence-corrected chi connectivity index (χ0v) is 8.87. The summed E-state index contributed by atoms with van der Waals surface area (Å²) in [4.78, 5) is 0. The summed E-state index contributed by atoms with van der Waals surface area (Å²) in [6.45, 7) is 0.721. The van der Waals surface area contributed by atoms with Crippen LogP contribution in [0.25, 0.3) is 0 Å². The summed E-state index contributed by atoms with van der Waals surface area (Å²) >= 11 is 0. The molecule has 0 unspecified atom stereocenters. The van der Waals surface area contributed by atoms with Crippen molar-refractivity contribution in [2.24, 2.45) is 5.73 Å². The molecule has 1 saturated carbocycles. The van der Waals surface area contributed by atoms with Crippen LogP contribution in [0.5, 0.6) is 0 Å². The van der Waals surface area contributed by atoms with Gasteiger partial charge in [-0.15, -0.1) is 0 Å². The lowest BCUT2D eigenvalue weighted by atomic mass is 9.79. The Morgan fingerprint density at radius 3 is 2.27 bits per heavy atom. The quantitative estimate of drug-likeness (QED) is 0.796. The van der Waals surface area contributed by atoms with Crippen LogP contribution in [0.3, 0.4) is 0 Å². The third kappa shape index (κ3) is 1.75. The Kier molecular flexibility index (Phi) is 2.75. The molecular weight excluding hydrogens is 184 g/mol. The van der Waals surface area contributed by atoms with Crippen LogP contribution < -0.4 is 5.73 Å². The first-order valence-electron chi connectivity index (χ1n) is 5.51. The van der Waals surface area contributed by atoms with E-state index in [9.17, 15) is 0 Å². The standard InChI is InChI=1S/C13H16N2/c14-9-11-3-5-12(6-4-11)13(10-15)7-1-2-8-13/h3-6H,1-2,7-8,10,15H2. The van der Waals surface area contributed by atoms with Gasteiger partial charge >= 0.3 is 0 Å². The lowest BCUT2D eigenvalue weighted by Crippen LogP contribution is -2.31. The number of hydrogen-bond donors (Lipinski definition) is 1. The number of nitrogens with zero attached hydrogens (tertiary/aromatic N) is 1. The van der Waals surface area contributed by atoms with Crippen molar-refractivity contribution in [2.75, 3.05) is 6.54 Å². The van der Waals surface area contributed by atoms with Crippen molar-refractivity contribution in [1.82, 2.24) is 0 Å². The van der Waals surface area contributed by atoms with Crippen molar-refractivity contribution in [2.45, 2.75) is 31.1 Å². The van der Waals surface area contributed by atoms with E-state index in [1.807, 2.05) is 12.1 Å². The number of nitriles is 1. The Balaban J connectivity index is 2.31. The molecule has 78 valence electrons. The van der Waals surface area contributed by atoms with Crippen LogP contribution in [-0.4, -0.2) is 6.54 Å². The van der Waals surface area contributed by atoms with E-state index in [1.165, 1.54) is 31.2 Å². The van der Waals surface area contributed by atoms with Crippen molar-refractivity contribution in [3.63, 3.8) is 0 Å². The first-order valence-corrected chi connectivity index (χ1v) is 5.51. The van der Waals surface area contributed by atoms with Gasteiger partial charge < -0.3 is 5.73 Å². The van der Waals surface area contributed by atoms with Gasteiger partial charge in [0.15, 0.2) is 0 Å². The molecule has 0 aromatic heterocycles. The van der Waals surface area contributed by atoms with Crippen molar-refractivity contribution < 1.29 is 0 Å². The van der Waals surface area contributed by atoms with Crippen LogP contribution in [0.1, 0.15) is 36.8 Å². The van der Waals surface area contributed by atoms with Crippen LogP contribution >= 0.6 is 0 Å². The maximum Gasteiger partial charge on any atom is 0.0991 e. The highest BCUT2D eigenvalue weighted by Gasteiger charge is 2.33. The summed E-state index contributed by atoms with van der Waals surface area (Å²) in [5.41, 5.74) is 8.13.